The maximum atomic E-state index is 4.47. The quantitative estimate of drug-likeness (QED) is 0.543. The molecule has 0 spiro atoms. The molecule has 0 amide bonds. The summed E-state index contributed by atoms with van der Waals surface area (Å²) in [6, 6.07) is 9.84. The zero-order valence-corrected chi connectivity index (χ0v) is 12.9. The SMILES string of the molecule is c1ccn2c(C3CCN(c4ccc5nnnn5n4)CC3)nnc2c1. The number of rotatable bonds is 2. The van der Waals surface area contributed by atoms with Crippen molar-refractivity contribution in [2.75, 3.05) is 18.0 Å². The fourth-order valence-corrected chi connectivity index (χ4v) is 3.31. The van der Waals surface area contributed by atoms with Gasteiger partial charge in [0.05, 0.1) is 0 Å². The molecule has 1 aliphatic rings. The smallest absolute Gasteiger partial charge is 0.200 e. The molecule has 1 aliphatic heterocycles. The highest BCUT2D eigenvalue weighted by Crippen LogP contribution is 2.28. The molecule has 4 aromatic heterocycles. The van der Waals surface area contributed by atoms with Crippen LogP contribution < -0.4 is 4.90 Å². The minimum atomic E-state index is 0.412. The number of aromatic nitrogens is 8. The first-order valence-electron chi connectivity index (χ1n) is 7.98. The van der Waals surface area contributed by atoms with Crippen LogP contribution in [0.25, 0.3) is 11.3 Å². The number of fused-ring (bicyclic) bond motifs is 2. The highest BCUT2D eigenvalue weighted by molar-refractivity contribution is 5.45. The maximum Gasteiger partial charge on any atom is 0.200 e. The molecule has 0 saturated carbocycles. The van der Waals surface area contributed by atoms with Gasteiger partial charge in [-0.3, -0.25) is 4.40 Å². The number of tetrazole rings is 1. The number of anilines is 1. The molecular formula is C15H15N9. The van der Waals surface area contributed by atoms with Gasteiger partial charge in [0.1, 0.15) is 5.82 Å². The van der Waals surface area contributed by atoms with Gasteiger partial charge in [-0.25, -0.2) is 0 Å². The van der Waals surface area contributed by atoms with Gasteiger partial charge in [0.15, 0.2) is 17.1 Å². The molecule has 0 aromatic carbocycles. The summed E-state index contributed by atoms with van der Waals surface area (Å²) in [7, 11) is 0. The van der Waals surface area contributed by atoms with Gasteiger partial charge >= 0.3 is 0 Å². The third kappa shape index (κ3) is 2.08. The predicted molar refractivity (Wildman–Crippen MR) is 85.8 cm³/mol. The molecule has 9 nitrogen and oxygen atoms in total. The Morgan fingerprint density at radius 3 is 2.75 bits per heavy atom. The Bertz CT molecular complexity index is 996. The van der Waals surface area contributed by atoms with E-state index in [4.69, 9.17) is 0 Å². The molecule has 5 heterocycles. The molecule has 9 heteroatoms. The third-order valence-electron chi connectivity index (χ3n) is 4.58. The van der Waals surface area contributed by atoms with Crippen molar-refractivity contribution in [3.05, 3.63) is 42.4 Å². The Labute approximate surface area is 136 Å². The average molecular weight is 321 g/mol. The van der Waals surface area contributed by atoms with E-state index in [0.717, 1.165) is 43.2 Å². The van der Waals surface area contributed by atoms with Crippen molar-refractivity contribution in [3.63, 3.8) is 0 Å². The van der Waals surface area contributed by atoms with Gasteiger partial charge in [0.25, 0.3) is 0 Å². The highest BCUT2D eigenvalue weighted by Gasteiger charge is 2.25. The van der Waals surface area contributed by atoms with E-state index >= 15 is 0 Å². The molecule has 4 aromatic rings. The monoisotopic (exact) mass is 321 g/mol. The molecule has 1 saturated heterocycles. The van der Waals surface area contributed by atoms with Crippen LogP contribution >= 0.6 is 0 Å². The summed E-state index contributed by atoms with van der Waals surface area (Å²) in [4.78, 5) is 2.26. The van der Waals surface area contributed by atoms with Gasteiger partial charge in [-0.2, -0.15) is 0 Å². The first-order valence-corrected chi connectivity index (χ1v) is 7.98. The molecule has 120 valence electrons. The molecule has 5 rings (SSSR count). The van der Waals surface area contributed by atoms with E-state index in [0.29, 0.717) is 11.6 Å². The largest absolute Gasteiger partial charge is 0.355 e. The lowest BCUT2D eigenvalue weighted by molar-refractivity contribution is 0.478. The van der Waals surface area contributed by atoms with E-state index in [-0.39, 0.29) is 0 Å². The van der Waals surface area contributed by atoms with Gasteiger partial charge in [0.2, 0.25) is 0 Å². The van der Waals surface area contributed by atoms with Crippen LogP contribution in [-0.4, -0.2) is 52.9 Å². The lowest BCUT2D eigenvalue weighted by Gasteiger charge is -2.31. The molecule has 24 heavy (non-hydrogen) atoms. The number of hydrogen-bond acceptors (Lipinski definition) is 7. The van der Waals surface area contributed by atoms with Crippen molar-refractivity contribution in [3.8, 4) is 0 Å². The Balaban J connectivity index is 1.37. The normalized spacial score (nSPS) is 16.2. The molecule has 0 radical (unpaired) electrons. The summed E-state index contributed by atoms with van der Waals surface area (Å²) in [6.45, 7) is 1.85. The Kier molecular flexibility index (Phi) is 2.90. The topological polar surface area (TPSA) is 89.4 Å². The van der Waals surface area contributed by atoms with Crippen LogP contribution in [0.4, 0.5) is 5.82 Å². The van der Waals surface area contributed by atoms with E-state index in [1.165, 1.54) is 4.63 Å². The molecular weight excluding hydrogens is 306 g/mol. The molecule has 0 bridgehead atoms. The second-order valence-electron chi connectivity index (χ2n) is 5.97. The van der Waals surface area contributed by atoms with E-state index < -0.39 is 0 Å². The van der Waals surface area contributed by atoms with Crippen molar-refractivity contribution in [1.82, 2.24) is 39.9 Å². The zero-order valence-electron chi connectivity index (χ0n) is 12.9. The molecule has 0 aliphatic carbocycles. The van der Waals surface area contributed by atoms with E-state index in [2.05, 4.69) is 40.1 Å². The summed E-state index contributed by atoms with van der Waals surface area (Å²) in [6.07, 6.45) is 4.07. The minimum absolute atomic E-state index is 0.412. The first-order chi connectivity index (χ1) is 11.9. The van der Waals surface area contributed by atoms with Crippen LogP contribution in [0, 0.1) is 0 Å². The van der Waals surface area contributed by atoms with Crippen LogP contribution in [0.1, 0.15) is 24.6 Å². The maximum absolute atomic E-state index is 4.47. The molecule has 0 N–H and O–H groups in total. The van der Waals surface area contributed by atoms with E-state index in [1.54, 1.807) is 0 Å². The van der Waals surface area contributed by atoms with E-state index in [1.807, 2.05) is 36.5 Å². The van der Waals surface area contributed by atoms with Gasteiger partial charge in [0, 0.05) is 25.2 Å². The van der Waals surface area contributed by atoms with Crippen LogP contribution in [0.5, 0.6) is 0 Å². The number of hydrogen-bond donors (Lipinski definition) is 0. The van der Waals surface area contributed by atoms with Gasteiger partial charge < -0.3 is 4.90 Å². The Morgan fingerprint density at radius 1 is 0.917 bits per heavy atom. The summed E-state index contributed by atoms with van der Waals surface area (Å²) in [5.41, 5.74) is 1.56. The lowest BCUT2D eigenvalue weighted by Crippen LogP contribution is -2.34. The fourth-order valence-electron chi connectivity index (χ4n) is 3.31. The Hall–Kier alpha value is -3.10. The van der Waals surface area contributed by atoms with Crippen molar-refractivity contribution >= 4 is 17.1 Å². The minimum Gasteiger partial charge on any atom is -0.355 e. The number of pyridine rings is 1. The van der Waals surface area contributed by atoms with Crippen LogP contribution in [0.2, 0.25) is 0 Å². The van der Waals surface area contributed by atoms with Crippen LogP contribution in [0.3, 0.4) is 0 Å². The number of nitrogens with zero attached hydrogens (tertiary/aromatic N) is 9. The van der Waals surface area contributed by atoms with Crippen LogP contribution in [0.15, 0.2) is 36.5 Å². The van der Waals surface area contributed by atoms with Crippen molar-refractivity contribution in [2.45, 2.75) is 18.8 Å². The zero-order chi connectivity index (χ0) is 15.9. The third-order valence-corrected chi connectivity index (χ3v) is 4.58. The van der Waals surface area contributed by atoms with Crippen molar-refractivity contribution < 1.29 is 0 Å². The van der Waals surface area contributed by atoms with Crippen LogP contribution in [-0.2, 0) is 0 Å². The second-order valence-corrected chi connectivity index (χ2v) is 5.97. The van der Waals surface area contributed by atoms with Gasteiger partial charge in [-0.1, -0.05) is 6.07 Å². The van der Waals surface area contributed by atoms with Gasteiger partial charge in [-0.15, -0.1) is 25.0 Å². The molecule has 0 atom stereocenters. The van der Waals surface area contributed by atoms with Crippen molar-refractivity contribution in [1.29, 1.82) is 0 Å². The van der Waals surface area contributed by atoms with E-state index in [9.17, 15) is 0 Å². The Morgan fingerprint density at radius 2 is 1.83 bits per heavy atom. The first kappa shape index (κ1) is 13.3. The van der Waals surface area contributed by atoms with Gasteiger partial charge in [-0.05, 0) is 47.5 Å². The fraction of sp³-hybridized carbons (Fsp3) is 0.333. The average Bonchev–Trinajstić information content (AvgIpc) is 3.28. The second kappa shape index (κ2) is 5.22. The summed E-state index contributed by atoms with van der Waals surface area (Å²) < 4.78 is 3.55. The summed E-state index contributed by atoms with van der Waals surface area (Å²) >= 11 is 0. The number of piperidine rings is 1. The summed E-state index contributed by atoms with van der Waals surface area (Å²) in [5.74, 6) is 2.36. The standard InChI is InChI=1S/C15H15N9/c1-2-8-23-12(3-1)16-18-15(23)11-6-9-22(10-7-11)14-5-4-13-17-20-21-24(13)19-14/h1-5,8,11H,6-7,9-10H2. The summed E-state index contributed by atoms with van der Waals surface area (Å²) in [5, 5.41) is 24.5. The highest BCUT2D eigenvalue weighted by atomic mass is 15.6. The molecule has 0 unspecified atom stereocenters. The predicted octanol–water partition coefficient (Wildman–Crippen LogP) is 0.946. The molecule has 1 fully saturated rings. The lowest BCUT2D eigenvalue weighted by atomic mass is 9.96. The van der Waals surface area contributed by atoms with Crippen molar-refractivity contribution in [2.24, 2.45) is 0 Å².